The minimum Gasteiger partial charge on any atom is -0.339 e. The second-order valence-electron chi connectivity index (χ2n) is 8.33. The summed E-state index contributed by atoms with van der Waals surface area (Å²) in [6, 6.07) is 10.2. The number of nitrogens with zero attached hydrogens (tertiary/aromatic N) is 5. The first-order valence-corrected chi connectivity index (χ1v) is 12.7. The number of hydrogen-bond donors (Lipinski definition) is 0. The third kappa shape index (κ3) is 4.37. The molecule has 5 rings (SSSR count). The lowest BCUT2D eigenvalue weighted by Crippen LogP contribution is -2.41. The number of rotatable bonds is 9. The van der Waals surface area contributed by atoms with E-state index in [2.05, 4.69) is 34.2 Å². The molecule has 34 heavy (non-hydrogen) atoms. The van der Waals surface area contributed by atoms with E-state index >= 15 is 0 Å². The summed E-state index contributed by atoms with van der Waals surface area (Å²) in [7, 11) is 0. The van der Waals surface area contributed by atoms with E-state index in [1.807, 2.05) is 18.2 Å². The van der Waals surface area contributed by atoms with Crippen molar-refractivity contribution < 1.29 is 4.52 Å². The van der Waals surface area contributed by atoms with Crippen LogP contribution in [0.15, 0.2) is 49.4 Å². The number of unbranched alkanes of at least 4 members (excludes halogenated alkanes) is 2. The molecule has 0 aliphatic carbocycles. The van der Waals surface area contributed by atoms with Gasteiger partial charge in [-0.15, -0.1) is 11.3 Å². The average Bonchev–Trinajstić information content (AvgIpc) is 3.56. The van der Waals surface area contributed by atoms with Crippen molar-refractivity contribution in [2.24, 2.45) is 4.99 Å². The molecule has 0 saturated heterocycles. The topological polar surface area (TPSA) is 95.3 Å². The van der Waals surface area contributed by atoms with Gasteiger partial charge in [-0.1, -0.05) is 54.7 Å². The van der Waals surface area contributed by atoms with E-state index in [4.69, 9.17) is 16.1 Å². The monoisotopic (exact) mass is 497 g/mol. The van der Waals surface area contributed by atoms with Gasteiger partial charge < -0.3 is 4.52 Å². The Morgan fingerprint density at radius 2 is 1.94 bits per heavy atom. The highest BCUT2D eigenvalue weighted by molar-refractivity contribution is 7.22. The van der Waals surface area contributed by atoms with Crippen LogP contribution in [0.1, 0.15) is 44.1 Å². The highest BCUT2D eigenvalue weighted by Gasteiger charge is 2.24. The maximum Gasteiger partial charge on any atom is 0.332 e. The number of halogens is 1. The molecule has 176 valence electrons. The van der Waals surface area contributed by atoms with Gasteiger partial charge in [0.25, 0.3) is 5.56 Å². The fraction of sp³-hybridized carbons (Fsp3) is 0.375. The molecular weight excluding hydrogens is 474 g/mol. The molecule has 10 heteroatoms. The standard InChI is InChI=1S/C24H24ClN5O3S/c1-2-3-6-11-29-22-16(14-19(25)26-22)23(31)30(24(29)32)12-7-10-20-27-21(28-33-20)18-13-15-8-4-5-9-17(15)34-18/h4-5,8-9,13H,2-3,6-7,10-12,14H2,1H3. The Labute approximate surface area is 204 Å². The van der Waals surface area contributed by atoms with Crippen LogP contribution >= 0.6 is 22.9 Å². The molecule has 4 aromatic rings. The Kier molecular flexibility index (Phi) is 6.47. The molecule has 0 radical (unpaired) electrons. The van der Waals surface area contributed by atoms with E-state index in [1.54, 1.807) is 15.9 Å². The van der Waals surface area contributed by atoms with E-state index in [-0.39, 0.29) is 24.2 Å². The molecule has 3 aromatic heterocycles. The number of benzene rings is 1. The maximum absolute atomic E-state index is 13.1. The van der Waals surface area contributed by atoms with E-state index in [0.717, 1.165) is 29.5 Å². The summed E-state index contributed by atoms with van der Waals surface area (Å²) < 4.78 is 9.48. The van der Waals surface area contributed by atoms with Crippen LogP contribution in [0.4, 0.5) is 5.82 Å². The molecule has 4 heterocycles. The number of fused-ring (bicyclic) bond motifs is 2. The zero-order valence-electron chi connectivity index (χ0n) is 18.8. The largest absolute Gasteiger partial charge is 0.339 e. The third-order valence-electron chi connectivity index (χ3n) is 5.91. The molecule has 0 amide bonds. The molecule has 0 spiro atoms. The van der Waals surface area contributed by atoms with Gasteiger partial charge in [-0.2, -0.15) is 4.98 Å². The van der Waals surface area contributed by atoms with Gasteiger partial charge in [0.1, 0.15) is 11.0 Å². The summed E-state index contributed by atoms with van der Waals surface area (Å²) in [6.07, 6.45) is 4.13. The summed E-state index contributed by atoms with van der Waals surface area (Å²) in [5.41, 5.74) is -0.167. The van der Waals surface area contributed by atoms with Crippen molar-refractivity contribution in [3.63, 3.8) is 0 Å². The number of hydrogen-bond acceptors (Lipinski definition) is 7. The van der Waals surface area contributed by atoms with Crippen LogP contribution < -0.4 is 11.2 Å². The lowest BCUT2D eigenvalue weighted by molar-refractivity contribution is 0.371. The predicted molar refractivity (Wildman–Crippen MR) is 135 cm³/mol. The summed E-state index contributed by atoms with van der Waals surface area (Å²) in [4.78, 5) is 35.8. The van der Waals surface area contributed by atoms with E-state index in [1.165, 1.54) is 9.27 Å². The lowest BCUT2D eigenvalue weighted by atomic mass is 10.2. The van der Waals surface area contributed by atoms with Crippen LogP contribution in [0, 0.1) is 0 Å². The Balaban J connectivity index is 1.32. The predicted octanol–water partition coefficient (Wildman–Crippen LogP) is 4.92. The van der Waals surface area contributed by atoms with Crippen LogP contribution in [-0.4, -0.2) is 24.4 Å². The number of aliphatic imine (C=N–C) groups is 1. The van der Waals surface area contributed by atoms with Crippen molar-refractivity contribution in [1.29, 1.82) is 0 Å². The van der Waals surface area contributed by atoms with Crippen molar-refractivity contribution in [2.45, 2.75) is 58.5 Å². The fourth-order valence-corrected chi connectivity index (χ4v) is 5.39. The molecule has 1 aliphatic rings. The number of thiophene rings is 1. The zero-order valence-corrected chi connectivity index (χ0v) is 20.4. The maximum atomic E-state index is 13.1. The molecule has 0 N–H and O–H groups in total. The van der Waals surface area contributed by atoms with Crippen molar-refractivity contribution >= 4 is 44.0 Å². The second-order valence-corrected chi connectivity index (χ2v) is 9.85. The van der Waals surface area contributed by atoms with Crippen molar-refractivity contribution in [3.05, 3.63) is 62.6 Å². The van der Waals surface area contributed by atoms with Crippen molar-refractivity contribution in [1.82, 2.24) is 19.3 Å². The summed E-state index contributed by atoms with van der Waals surface area (Å²) in [5.74, 6) is 1.45. The lowest BCUT2D eigenvalue weighted by Gasteiger charge is -2.13. The van der Waals surface area contributed by atoms with Gasteiger partial charge in [-0.25, -0.2) is 9.79 Å². The van der Waals surface area contributed by atoms with E-state index in [9.17, 15) is 9.59 Å². The summed E-state index contributed by atoms with van der Waals surface area (Å²) in [5, 5.41) is 5.60. The van der Waals surface area contributed by atoms with Crippen LogP contribution in [0.2, 0.25) is 0 Å². The summed E-state index contributed by atoms with van der Waals surface area (Å²) in [6.45, 7) is 2.88. The fourth-order valence-electron chi connectivity index (χ4n) is 4.18. The minimum atomic E-state index is -0.341. The number of aryl methyl sites for hydroxylation is 1. The van der Waals surface area contributed by atoms with Crippen molar-refractivity contribution in [2.75, 3.05) is 0 Å². The molecule has 0 unspecified atom stereocenters. The molecule has 0 atom stereocenters. The van der Waals surface area contributed by atoms with Gasteiger partial charge in [0.15, 0.2) is 0 Å². The molecule has 0 saturated carbocycles. The number of aromatic nitrogens is 4. The highest BCUT2D eigenvalue weighted by atomic mass is 35.5. The first-order chi connectivity index (χ1) is 16.5. The van der Waals surface area contributed by atoms with Gasteiger partial charge in [-0.3, -0.25) is 13.9 Å². The first kappa shape index (κ1) is 22.7. The van der Waals surface area contributed by atoms with Crippen LogP contribution in [-0.2, 0) is 25.9 Å². The molecule has 0 fully saturated rings. The van der Waals surface area contributed by atoms with Gasteiger partial charge in [0.2, 0.25) is 11.7 Å². The van der Waals surface area contributed by atoms with Gasteiger partial charge in [-0.05, 0) is 30.4 Å². The first-order valence-electron chi connectivity index (χ1n) is 11.5. The molecule has 8 nitrogen and oxygen atoms in total. The Morgan fingerprint density at radius 1 is 1.12 bits per heavy atom. The smallest absolute Gasteiger partial charge is 0.332 e. The quantitative estimate of drug-likeness (QED) is 0.306. The second kappa shape index (κ2) is 9.68. The normalized spacial score (nSPS) is 12.9. The van der Waals surface area contributed by atoms with Crippen LogP contribution in [0.25, 0.3) is 20.8 Å². The Morgan fingerprint density at radius 3 is 2.76 bits per heavy atom. The van der Waals surface area contributed by atoms with E-state index < -0.39 is 0 Å². The summed E-state index contributed by atoms with van der Waals surface area (Å²) >= 11 is 7.72. The molecule has 1 aliphatic heterocycles. The van der Waals surface area contributed by atoms with Gasteiger partial charge in [0, 0.05) is 30.6 Å². The van der Waals surface area contributed by atoms with Crippen LogP contribution in [0.3, 0.4) is 0 Å². The average molecular weight is 498 g/mol. The Bertz CT molecular complexity index is 1460. The van der Waals surface area contributed by atoms with Crippen LogP contribution in [0.5, 0.6) is 0 Å². The zero-order chi connectivity index (χ0) is 23.7. The Hall–Kier alpha value is -3.04. The van der Waals surface area contributed by atoms with Crippen molar-refractivity contribution in [3.8, 4) is 10.7 Å². The van der Waals surface area contributed by atoms with E-state index in [0.29, 0.717) is 47.7 Å². The molecule has 1 aromatic carbocycles. The SMILES string of the molecule is CCCCCn1c2c(c(=O)n(CCCc3nc(-c4cc5ccccc5s4)no3)c1=O)CC(Cl)=N2. The van der Waals surface area contributed by atoms with Gasteiger partial charge in [0.05, 0.1) is 10.4 Å². The van der Waals surface area contributed by atoms with Gasteiger partial charge >= 0.3 is 5.69 Å². The molecular formula is C24H24ClN5O3S. The minimum absolute atomic E-state index is 0.261. The third-order valence-corrected chi connectivity index (χ3v) is 7.24. The molecule has 0 bridgehead atoms. The highest BCUT2D eigenvalue weighted by Crippen LogP contribution is 2.31.